The lowest BCUT2D eigenvalue weighted by atomic mass is 9.98. The predicted molar refractivity (Wildman–Crippen MR) is 71.4 cm³/mol. The molecule has 1 fully saturated rings. The zero-order valence-electron chi connectivity index (χ0n) is 10.7. The zero-order valence-corrected chi connectivity index (χ0v) is 11.4. The number of carboxylic acids is 1. The van der Waals surface area contributed by atoms with Crippen molar-refractivity contribution in [3.63, 3.8) is 0 Å². The fraction of sp³-hybridized carbons (Fsp3) is 0.333. The first kappa shape index (κ1) is 15.2. The smallest absolute Gasteiger partial charge is 0.331 e. The number of nitrogens with zero attached hydrogens (tertiary/aromatic N) is 1. The molecule has 21 heavy (non-hydrogen) atoms. The van der Waals surface area contributed by atoms with Gasteiger partial charge in [0.05, 0.1) is 17.1 Å². The molecule has 9 heteroatoms. The molecule has 2 N–H and O–H groups in total. The van der Waals surface area contributed by atoms with E-state index in [-0.39, 0.29) is 30.2 Å². The normalized spacial score (nSPS) is 21.0. The second-order valence-electron chi connectivity index (χ2n) is 4.54. The molecule has 0 aromatic heterocycles. The number of hydrogen-bond acceptors (Lipinski definition) is 5. The highest BCUT2D eigenvalue weighted by molar-refractivity contribution is 6.35. The molecule has 1 saturated heterocycles. The summed E-state index contributed by atoms with van der Waals surface area (Å²) in [6.07, 6.45) is 0.112. The zero-order chi connectivity index (χ0) is 15.6. The van der Waals surface area contributed by atoms with Crippen LogP contribution in [0.2, 0.25) is 5.02 Å². The van der Waals surface area contributed by atoms with Crippen LogP contribution in [0.3, 0.4) is 0 Å². The molecule has 1 aromatic carbocycles. The fourth-order valence-corrected chi connectivity index (χ4v) is 2.29. The molecule has 1 atom stereocenters. The van der Waals surface area contributed by atoms with E-state index in [1.807, 2.05) is 0 Å². The van der Waals surface area contributed by atoms with E-state index in [4.69, 9.17) is 16.3 Å². The third-order valence-corrected chi connectivity index (χ3v) is 3.60. The molecule has 112 valence electrons. The van der Waals surface area contributed by atoms with Gasteiger partial charge in [-0.2, -0.15) is 0 Å². The van der Waals surface area contributed by atoms with Crippen molar-refractivity contribution in [1.82, 2.24) is 5.32 Å². The minimum atomic E-state index is -1.54. The Bertz CT molecular complexity index is 612. The molecule has 1 aliphatic heterocycles. The van der Waals surface area contributed by atoms with Crippen LogP contribution in [-0.4, -0.2) is 40.7 Å². The quantitative estimate of drug-likeness (QED) is 0.637. The third-order valence-electron chi connectivity index (χ3n) is 3.20. The number of carboxylic acid groups (broad SMARTS) is 1. The Labute approximate surface area is 123 Å². The SMILES string of the molecule is O=C(NC1(C(=O)O)CCOC1)c1cccc([N+](=O)[O-])c1Cl. The lowest BCUT2D eigenvalue weighted by Gasteiger charge is -2.23. The average molecular weight is 315 g/mol. The van der Waals surface area contributed by atoms with Crippen LogP contribution in [0.1, 0.15) is 16.8 Å². The predicted octanol–water partition coefficient (Wildman–Crippen LogP) is 1.22. The second-order valence-corrected chi connectivity index (χ2v) is 4.92. The van der Waals surface area contributed by atoms with Crippen molar-refractivity contribution in [1.29, 1.82) is 0 Å². The summed E-state index contributed by atoms with van der Waals surface area (Å²) in [6.45, 7) is 0.0376. The number of amides is 1. The van der Waals surface area contributed by atoms with E-state index in [1.54, 1.807) is 0 Å². The number of nitro groups is 1. The van der Waals surface area contributed by atoms with Crippen molar-refractivity contribution in [2.45, 2.75) is 12.0 Å². The number of hydrogen-bond donors (Lipinski definition) is 2. The number of nitro benzene ring substituents is 1. The van der Waals surface area contributed by atoms with E-state index in [1.165, 1.54) is 12.1 Å². The Balaban J connectivity index is 2.31. The van der Waals surface area contributed by atoms with Crippen molar-refractivity contribution in [3.8, 4) is 0 Å². The van der Waals surface area contributed by atoms with Gasteiger partial charge in [0, 0.05) is 19.1 Å². The molecule has 1 unspecified atom stereocenters. The molecular formula is C12H11ClN2O6. The largest absolute Gasteiger partial charge is 0.479 e. The Kier molecular flexibility index (Phi) is 4.10. The lowest BCUT2D eigenvalue weighted by molar-refractivity contribution is -0.384. The molecule has 8 nitrogen and oxygen atoms in total. The number of nitrogens with one attached hydrogen (secondary N) is 1. The van der Waals surface area contributed by atoms with Crippen molar-refractivity contribution >= 4 is 29.2 Å². The summed E-state index contributed by atoms with van der Waals surface area (Å²) in [4.78, 5) is 33.6. The van der Waals surface area contributed by atoms with Gasteiger partial charge in [0.2, 0.25) is 0 Å². The lowest BCUT2D eigenvalue weighted by Crippen LogP contribution is -2.55. The molecule has 0 aliphatic carbocycles. The van der Waals surface area contributed by atoms with Crippen LogP contribution >= 0.6 is 11.6 Å². The summed E-state index contributed by atoms with van der Waals surface area (Å²) in [7, 11) is 0. The first-order valence-electron chi connectivity index (χ1n) is 5.94. The van der Waals surface area contributed by atoms with Crippen LogP contribution in [0, 0.1) is 10.1 Å². The summed E-state index contributed by atoms with van der Waals surface area (Å²) in [5, 5.41) is 22.0. The van der Waals surface area contributed by atoms with E-state index < -0.39 is 28.0 Å². The Hall–Kier alpha value is -2.19. The van der Waals surface area contributed by atoms with Crippen molar-refractivity contribution < 1.29 is 24.4 Å². The van der Waals surface area contributed by atoms with Crippen molar-refractivity contribution in [3.05, 3.63) is 38.9 Å². The molecule has 0 spiro atoms. The van der Waals surface area contributed by atoms with E-state index in [2.05, 4.69) is 5.32 Å². The van der Waals surface area contributed by atoms with Gasteiger partial charge in [-0.15, -0.1) is 0 Å². The highest BCUT2D eigenvalue weighted by atomic mass is 35.5. The van der Waals surface area contributed by atoms with Gasteiger partial charge in [-0.25, -0.2) is 4.79 Å². The van der Waals surface area contributed by atoms with Gasteiger partial charge in [0.1, 0.15) is 5.02 Å². The van der Waals surface area contributed by atoms with Gasteiger partial charge in [0.25, 0.3) is 11.6 Å². The topological polar surface area (TPSA) is 119 Å². The van der Waals surface area contributed by atoms with Gasteiger partial charge < -0.3 is 15.2 Å². The molecule has 0 radical (unpaired) electrons. The van der Waals surface area contributed by atoms with E-state index in [0.717, 1.165) is 6.07 Å². The minimum absolute atomic E-state index is 0.112. The van der Waals surface area contributed by atoms with Gasteiger partial charge in [0.15, 0.2) is 5.54 Å². The number of carbonyl (C=O) groups is 2. The van der Waals surface area contributed by atoms with Crippen LogP contribution in [0.5, 0.6) is 0 Å². The van der Waals surface area contributed by atoms with Crippen LogP contribution in [0.25, 0.3) is 0 Å². The first-order valence-corrected chi connectivity index (χ1v) is 6.32. The van der Waals surface area contributed by atoms with Gasteiger partial charge in [-0.05, 0) is 6.07 Å². The molecule has 1 heterocycles. The highest BCUT2D eigenvalue weighted by Crippen LogP contribution is 2.28. The van der Waals surface area contributed by atoms with Crippen molar-refractivity contribution in [2.24, 2.45) is 0 Å². The molecule has 1 aromatic rings. The summed E-state index contributed by atoms with van der Waals surface area (Å²) < 4.78 is 5.01. The molecule has 1 amide bonds. The number of benzene rings is 1. The van der Waals surface area contributed by atoms with Gasteiger partial charge >= 0.3 is 5.97 Å². The maximum atomic E-state index is 12.2. The monoisotopic (exact) mass is 314 g/mol. The molecule has 0 saturated carbocycles. The summed E-state index contributed by atoms with van der Waals surface area (Å²) in [5.74, 6) is -2.02. The number of rotatable bonds is 4. The molecule has 1 aliphatic rings. The highest BCUT2D eigenvalue weighted by Gasteiger charge is 2.44. The minimum Gasteiger partial charge on any atom is -0.479 e. The summed E-state index contributed by atoms with van der Waals surface area (Å²) >= 11 is 5.83. The van der Waals surface area contributed by atoms with Crippen LogP contribution in [0.15, 0.2) is 18.2 Å². The van der Waals surface area contributed by atoms with Crippen molar-refractivity contribution in [2.75, 3.05) is 13.2 Å². The summed E-state index contributed by atoms with van der Waals surface area (Å²) in [5.41, 5.74) is -2.11. The number of halogens is 1. The first-order chi connectivity index (χ1) is 9.87. The maximum absolute atomic E-state index is 12.2. The molecule has 0 bridgehead atoms. The standard InChI is InChI=1S/C12H11ClN2O6/c13-9-7(2-1-3-8(9)15(19)20)10(16)14-12(11(17)18)4-5-21-6-12/h1-3H,4-6H2,(H,14,16)(H,17,18). The van der Waals surface area contributed by atoms with E-state index in [9.17, 15) is 24.8 Å². The number of carbonyl (C=O) groups excluding carboxylic acids is 1. The Morgan fingerprint density at radius 1 is 1.48 bits per heavy atom. The third kappa shape index (κ3) is 2.81. The summed E-state index contributed by atoms with van der Waals surface area (Å²) in [6, 6.07) is 3.75. The van der Waals surface area contributed by atoms with E-state index >= 15 is 0 Å². The van der Waals surface area contributed by atoms with Gasteiger partial charge in [-0.1, -0.05) is 17.7 Å². The van der Waals surface area contributed by atoms with E-state index in [0.29, 0.717) is 0 Å². The van der Waals surface area contributed by atoms with Gasteiger partial charge in [-0.3, -0.25) is 14.9 Å². The molecule has 2 rings (SSSR count). The average Bonchev–Trinajstić information content (AvgIpc) is 2.88. The number of ether oxygens (including phenoxy) is 1. The Morgan fingerprint density at radius 2 is 2.19 bits per heavy atom. The van der Waals surface area contributed by atoms with Crippen LogP contribution in [0.4, 0.5) is 5.69 Å². The van der Waals surface area contributed by atoms with Crippen LogP contribution < -0.4 is 5.32 Å². The number of aliphatic carboxylic acids is 1. The molecular weight excluding hydrogens is 304 g/mol. The fourth-order valence-electron chi connectivity index (χ4n) is 2.01. The second kappa shape index (κ2) is 5.66. The Morgan fingerprint density at radius 3 is 2.71 bits per heavy atom. The van der Waals surface area contributed by atoms with Crippen LogP contribution in [-0.2, 0) is 9.53 Å². The maximum Gasteiger partial charge on any atom is 0.331 e.